The third kappa shape index (κ3) is 3.82. The second kappa shape index (κ2) is 5.96. The molecule has 3 N–H and O–H groups in total. The Balaban J connectivity index is 1.96. The molecule has 21 heavy (non-hydrogen) atoms. The molecule has 0 bridgehead atoms. The average Bonchev–Trinajstić information content (AvgIpc) is 2.95. The standard InChI is InChI=1S/C13H12F3N3O2/c14-13(15,16)11-5-10(18-19-11)12(21)17-6-8-1-3-9(7-20)4-2-8/h1-5,20H,6-7H2,(H,17,21)(H,18,19). The zero-order chi connectivity index (χ0) is 15.5. The highest BCUT2D eigenvalue weighted by Crippen LogP contribution is 2.27. The lowest BCUT2D eigenvalue weighted by atomic mass is 10.1. The maximum absolute atomic E-state index is 12.4. The lowest BCUT2D eigenvalue weighted by Gasteiger charge is -2.04. The Bertz CT molecular complexity index is 620. The number of alkyl halides is 3. The highest BCUT2D eigenvalue weighted by atomic mass is 19.4. The predicted molar refractivity (Wildman–Crippen MR) is 67.1 cm³/mol. The second-order valence-electron chi connectivity index (χ2n) is 4.32. The quantitative estimate of drug-likeness (QED) is 0.806. The molecular formula is C13H12F3N3O2. The molecule has 0 atom stereocenters. The van der Waals surface area contributed by atoms with Crippen LogP contribution >= 0.6 is 0 Å². The van der Waals surface area contributed by atoms with Crippen LogP contribution < -0.4 is 5.32 Å². The number of carbonyl (C=O) groups excluding carboxylic acids is 1. The lowest BCUT2D eigenvalue weighted by molar-refractivity contribution is -0.141. The molecule has 1 amide bonds. The van der Waals surface area contributed by atoms with Crippen LogP contribution in [0.25, 0.3) is 0 Å². The van der Waals surface area contributed by atoms with Gasteiger partial charge in [-0.1, -0.05) is 24.3 Å². The average molecular weight is 299 g/mol. The minimum atomic E-state index is -4.56. The SMILES string of the molecule is O=C(NCc1ccc(CO)cc1)c1cc(C(F)(F)F)[nH]n1. The van der Waals surface area contributed by atoms with Crippen molar-refractivity contribution in [1.82, 2.24) is 15.5 Å². The highest BCUT2D eigenvalue weighted by molar-refractivity contribution is 5.92. The van der Waals surface area contributed by atoms with Gasteiger partial charge >= 0.3 is 6.18 Å². The fourth-order valence-corrected chi connectivity index (χ4v) is 1.62. The van der Waals surface area contributed by atoms with Gasteiger partial charge in [0.15, 0.2) is 5.69 Å². The molecule has 0 aliphatic carbocycles. The van der Waals surface area contributed by atoms with Crippen molar-refractivity contribution >= 4 is 5.91 Å². The van der Waals surface area contributed by atoms with Gasteiger partial charge in [0.1, 0.15) is 5.69 Å². The Labute approximate surface area is 117 Å². The predicted octanol–water partition coefficient (Wildman–Crippen LogP) is 1.85. The number of hydrogen-bond donors (Lipinski definition) is 3. The van der Waals surface area contributed by atoms with Gasteiger partial charge in [-0.2, -0.15) is 18.3 Å². The van der Waals surface area contributed by atoms with Gasteiger partial charge in [0, 0.05) is 12.6 Å². The van der Waals surface area contributed by atoms with E-state index in [1.807, 2.05) is 0 Å². The van der Waals surface area contributed by atoms with E-state index in [9.17, 15) is 18.0 Å². The van der Waals surface area contributed by atoms with Crippen molar-refractivity contribution in [2.45, 2.75) is 19.3 Å². The number of nitrogens with one attached hydrogen (secondary N) is 2. The van der Waals surface area contributed by atoms with E-state index in [0.29, 0.717) is 6.07 Å². The van der Waals surface area contributed by atoms with Crippen molar-refractivity contribution in [3.8, 4) is 0 Å². The van der Waals surface area contributed by atoms with Crippen LogP contribution in [0.3, 0.4) is 0 Å². The molecule has 5 nitrogen and oxygen atoms in total. The number of rotatable bonds is 4. The molecule has 0 aliphatic rings. The monoisotopic (exact) mass is 299 g/mol. The number of nitrogens with zero attached hydrogens (tertiary/aromatic N) is 1. The van der Waals surface area contributed by atoms with Gasteiger partial charge in [0.2, 0.25) is 0 Å². The first-order valence-corrected chi connectivity index (χ1v) is 5.99. The van der Waals surface area contributed by atoms with Crippen LogP contribution in [-0.2, 0) is 19.3 Å². The Morgan fingerprint density at radius 2 is 1.86 bits per heavy atom. The fraction of sp³-hybridized carbons (Fsp3) is 0.231. The minimum Gasteiger partial charge on any atom is -0.392 e. The smallest absolute Gasteiger partial charge is 0.392 e. The van der Waals surface area contributed by atoms with E-state index in [4.69, 9.17) is 5.11 Å². The molecule has 0 fully saturated rings. The van der Waals surface area contributed by atoms with Gasteiger partial charge in [-0.05, 0) is 11.1 Å². The number of carbonyl (C=O) groups is 1. The Hall–Kier alpha value is -2.35. The lowest BCUT2D eigenvalue weighted by Crippen LogP contribution is -2.23. The highest BCUT2D eigenvalue weighted by Gasteiger charge is 2.33. The minimum absolute atomic E-state index is 0.0832. The number of aromatic nitrogens is 2. The van der Waals surface area contributed by atoms with Gasteiger partial charge in [0.25, 0.3) is 5.91 Å². The summed E-state index contributed by atoms with van der Waals surface area (Å²) in [6, 6.07) is 7.45. The van der Waals surface area contributed by atoms with Gasteiger partial charge in [-0.25, -0.2) is 0 Å². The number of aliphatic hydroxyl groups excluding tert-OH is 1. The van der Waals surface area contributed by atoms with Gasteiger partial charge < -0.3 is 10.4 Å². The van der Waals surface area contributed by atoms with Crippen molar-refractivity contribution in [1.29, 1.82) is 0 Å². The molecule has 0 aliphatic heterocycles. The van der Waals surface area contributed by atoms with E-state index in [1.54, 1.807) is 29.4 Å². The van der Waals surface area contributed by atoms with Crippen molar-refractivity contribution in [3.05, 3.63) is 52.8 Å². The van der Waals surface area contributed by atoms with E-state index in [2.05, 4.69) is 10.4 Å². The van der Waals surface area contributed by atoms with E-state index in [1.165, 1.54) is 0 Å². The first-order chi connectivity index (χ1) is 9.90. The Kier molecular flexibility index (Phi) is 4.27. The molecule has 112 valence electrons. The molecule has 0 saturated heterocycles. The van der Waals surface area contributed by atoms with E-state index < -0.39 is 17.8 Å². The van der Waals surface area contributed by atoms with Crippen LogP contribution in [0.5, 0.6) is 0 Å². The summed E-state index contributed by atoms with van der Waals surface area (Å²) in [5.74, 6) is -0.701. The number of hydrogen-bond acceptors (Lipinski definition) is 3. The van der Waals surface area contributed by atoms with Crippen molar-refractivity contribution in [3.63, 3.8) is 0 Å². The summed E-state index contributed by atoms with van der Waals surface area (Å²) in [6.07, 6.45) is -4.56. The Morgan fingerprint density at radius 1 is 1.24 bits per heavy atom. The number of aromatic amines is 1. The van der Waals surface area contributed by atoms with Crippen LogP contribution in [0.2, 0.25) is 0 Å². The fourth-order valence-electron chi connectivity index (χ4n) is 1.62. The summed E-state index contributed by atoms with van der Waals surface area (Å²) >= 11 is 0. The third-order valence-electron chi connectivity index (χ3n) is 2.77. The number of H-pyrrole nitrogens is 1. The summed E-state index contributed by atoms with van der Waals surface area (Å²) in [5, 5.41) is 16.5. The molecule has 1 heterocycles. The molecule has 2 aromatic rings. The molecule has 0 saturated carbocycles. The van der Waals surface area contributed by atoms with E-state index in [0.717, 1.165) is 11.1 Å². The molecule has 2 rings (SSSR count). The maximum Gasteiger partial charge on any atom is 0.432 e. The Morgan fingerprint density at radius 3 is 2.38 bits per heavy atom. The number of amides is 1. The van der Waals surface area contributed by atoms with Crippen molar-refractivity contribution in [2.24, 2.45) is 0 Å². The number of halogens is 3. The van der Waals surface area contributed by atoms with E-state index >= 15 is 0 Å². The summed E-state index contributed by atoms with van der Waals surface area (Å²) in [6.45, 7) is 0.0683. The van der Waals surface area contributed by atoms with Gasteiger partial charge in [-0.15, -0.1) is 0 Å². The first-order valence-electron chi connectivity index (χ1n) is 5.99. The van der Waals surface area contributed by atoms with Crippen molar-refractivity contribution in [2.75, 3.05) is 0 Å². The van der Waals surface area contributed by atoms with Gasteiger partial charge in [0.05, 0.1) is 6.61 Å². The molecule has 8 heteroatoms. The zero-order valence-corrected chi connectivity index (χ0v) is 10.7. The molecule has 1 aromatic carbocycles. The summed E-state index contributed by atoms with van der Waals surface area (Å²) in [5.41, 5.74) is 0.0913. The first kappa shape index (κ1) is 15.0. The van der Waals surface area contributed by atoms with Gasteiger partial charge in [-0.3, -0.25) is 9.89 Å². The topological polar surface area (TPSA) is 78.0 Å². The third-order valence-corrected chi connectivity index (χ3v) is 2.77. The molecule has 0 spiro atoms. The van der Waals surface area contributed by atoms with E-state index in [-0.39, 0.29) is 18.8 Å². The maximum atomic E-state index is 12.4. The van der Waals surface area contributed by atoms with Crippen molar-refractivity contribution < 1.29 is 23.1 Å². The summed E-state index contributed by atoms with van der Waals surface area (Å²) in [7, 11) is 0. The molecule has 0 radical (unpaired) electrons. The van der Waals surface area contributed by atoms with Crippen LogP contribution in [0.4, 0.5) is 13.2 Å². The van der Waals surface area contributed by atoms with Crippen LogP contribution in [0.15, 0.2) is 30.3 Å². The zero-order valence-electron chi connectivity index (χ0n) is 10.7. The number of aliphatic hydroxyl groups is 1. The second-order valence-corrected chi connectivity index (χ2v) is 4.32. The molecular weight excluding hydrogens is 287 g/mol. The molecule has 1 aromatic heterocycles. The largest absolute Gasteiger partial charge is 0.432 e. The van der Waals surface area contributed by atoms with Crippen LogP contribution in [-0.4, -0.2) is 21.2 Å². The molecule has 0 unspecified atom stereocenters. The summed E-state index contributed by atoms with van der Waals surface area (Å²) < 4.78 is 37.1. The number of benzene rings is 1. The normalized spacial score (nSPS) is 11.4. The van der Waals surface area contributed by atoms with Crippen LogP contribution in [0, 0.1) is 0 Å². The summed E-state index contributed by atoms with van der Waals surface area (Å²) in [4.78, 5) is 11.7. The van der Waals surface area contributed by atoms with Crippen LogP contribution in [0.1, 0.15) is 27.3 Å².